The molecule has 2 aliphatic rings. The van der Waals surface area contributed by atoms with E-state index in [1.54, 1.807) is 32.5 Å². The van der Waals surface area contributed by atoms with Gasteiger partial charge in [-0.15, -0.1) is 45.3 Å². The summed E-state index contributed by atoms with van der Waals surface area (Å²) in [7, 11) is 0. The molecule has 0 fully saturated rings. The first kappa shape index (κ1) is 67.0. The van der Waals surface area contributed by atoms with E-state index in [9.17, 15) is 0 Å². The standard InChI is InChI=1S/C75H98N2O8S4/c1-15-17-19-21-23-33-81-35-25-37-83-39-31-77-67(55-29-27-53(85-55)61-45-49-41-59-51(43-57(49)87-61)47-63(89-59)69(74(9,10)11)75(12,13)14)65-64(71(77)79)66(76(70(65)78)30-38-82-36-24-34-80-32-22-20-18-16-2)54-28-26-52(84-54)60-44-48-40-58-50(42-56(48)86-60)46-62(88-58)68(72(3,4)5)73(6,7)8/h26-29,40-47,68-69H,15-25,30-39H2,1-14H3. The van der Waals surface area contributed by atoms with E-state index in [-0.39, 0.29) is 59.8 Å². The van der Waals surface area contributed by atoms with Crippen LogP contribution in [0, 0.1) is 21.7 Å². The van der Waals surface area contributed by atoms with Crippen molar-refractivity contribution in [1.29, 1.82) is 0 Å². The molecule has 8 heterocycles. The number of carbonyl (C=O) groups excluding carboxylic acids is 2. The molecule has 2 aliphatic heterocycles. The zero-order valence-corrected chi connectivity index (χ0v) is 59.0. The maximum absolute atomic E-state index is 15.5. The zero-order chi connectivity index (χ0) is 63.4. The van der Waals surface area contributed by atoms with Gasteiger partial charge in [-0.3, -0.25) is 9.59 Å². The first-order chi connectivity index (χ1) is 42.4. The highest BCUT2D eigenvalue weighted by molar-refractivity contribution is 7.23. The third-order valence-electron chi connectivity index (χ3n) is 17.3. The molecule has 0 unspecified atom stereocenters. The number of ether oxygens (including phenoxy) is 4. The molecule has 6 aromatic heterocycles. The molecule has 89 heavy (non-hydrogen) atoms. The molecule has 0 spiro atoms. The Morgan fingerprint density at radius 3 is 1.07 bits per heavy atom. The number of rotatable bonds is 31. The molecule has 2 amide bonds. The van der Waals surface area contributed by atoms with Crippen molar-refractivity contribution in [2.24, 2.45) is 21.7 Å². The molecular weight excluding hydrogens is 1190 g/mol. The molecule has 0 aliphatic carbocycles. The zero-order valence-electron chi connectivity index (χ0n) is 55.7. The number of nitrogens with zero attached hydrogens (tertiary/aromatic N) is 2. The Morgan fingerprint density at radius 2 is 0.697 bits per heavy atom. The number of carbonyl (C=O) groups is 2. The van der Waals surface area contributed by atoms with Gasteiger partial charge in [0, 0.05) is 93.1 Å². The fourth-order valence-electron chi connectivity index (χ4n) is 14.2. The van der Waals surface area contributed by atoms with Crippen LogP contribution in [0.4, 0.5) is 0 Å². The molecule has 8 aromatic rings. The average molecular weight is 1280 g/mol. The highest BCUT2D eigenvalue weighted by atomic mass is 32.1. The van der Waals surface area contributed by atoms with E-state index < -0.39 is 0 Å². The normalized spacial score (nSPS) is 14.7. The molecule has 0 radical (unpaired) electrons. The lowest BCUT2D eigenvalue weighted by Crippen LogP contribution is -2.33. The van der Waals surface area contributed by atoms with Gasteiger partial charge in [0.25, 0.3) is 11.8 Å². The Balaban J connectivity index is 0.969. The largest absolute Gasteiger partial charge is 0.454 e. The van der Waals surface area contributed by atoms with Crippen LogP contribution < -0.4 is 0 Å². The molecule has 2 aromatic carbocycles. The van der Waals surface area contributed by atoms with Crippen molar-refractivity contribution in [3.8, 4) is 21.3 Å². The number of furan rings is 2. The number of fused-ring (bicyclic) bond motifs is 5. The predicted molar refractivity (Wildman–Crippen MR) is 376 cm³/mol. The molecule has 10 nitrogen and oxygen atoms in total. The van der Waals surface area contributed by atoms with E-state index in [2.05, 4.69) is 145 Å². The van der Waals surface area contributed by atoms with Crippen LogP contribution in [0.5, 0.6) is 0 Å². The number of hydrogen-bond acceptors (Lipinski definition) is 12. The summed E-state index contributed by atoms with van der Waals surface area (Å²) in [5.41, 5.74) is 1.90. The minimum atomic E-state index is -0.300. The molecule has 480 valence electrons. The van der Waals surface area contributed by atoms with Gasteiger partial charge >= 0.3 is 0 Å². The highest BCUT2D eigenvalue weighted by Crippen LogP contribution is 2.54. The number of hydrogen-bond donors (Lipinski definition) is 0. The van der Waals surface area contributed by atoms with E-state index in [4.69, 9.17) is 27.8 Å². The van der Waals surface area contributed by atoms with E-state index in [1.807, 2.05) is 46.9 Å². The summed E-state index contributed by atoms with van der Waals surface area (Å²) in [5.74, 6) is 2.42. The molecule has 0 bridgehead atoms. The minimum Gasteiger partial charge on any atom is -0.454 e. The maximum atomic E-state index is 15.5. The molecule has 0 saturated heterocycles. The van der Waals surface area contributed by atoms with Crippen molar-refractivity contribution in [2.45, 2.75) is 179 Å². The average Bonchev–Trinajstić information content (AvgIpc) is 1.56. The van der Waals surface area contributed by atoms with Gasteiger partial charge in [-0.2, -0.15) is 0 Å². The number of thiophene rings is 4. The second-order valence-corrected chi connectivity index (χ2v) is 33.4. The van der Waals surface area contributed by atoms with E-state index >= 15 is 9.59 Å². The smallest absolute Gasteiger partial charge is 0.261 e. The van der Waals surface area contributed by atoms with Crippen LogP contribution >= 0.6 is 45.3 Å². The summed E-state index contributed by atoms with van der Waals surface area (Å²) >= 11 is 7.19. The van der Waals surface area contributed by atoms with Gasteiger partial charge in [-0.05, 0) is 142 Å². The van der Waals surface area contributed by atoms with Crippen LogP contribution in [0.2, 0.25) is 0 Å². The maximum Gasteiger partial charge on any atom is 0.261 e. The third kappa shape index (κ3) is 15.4. The van der Waals surface area contributed by atoms with Gasteiger partial charge in [0.1, 0.15) is 22.9 Å². The van der Waals surface area contributed by atoms with E-state index in [0.29, 0.717) is 83.8 Å². The SMILES string of the molecule is CCCCCCCOCCCOCCN1C(=O)C2=C(c3ccc(-c4cc5cc6sc(C(C(C)(C)C)C(C)(C)C)cc6cc5s4)o3)N(CCOCCCOCCCCCC)C(=O)C2=C1c1ccc(-c2cc3cc4sc(C(C(C)(C)C)C(C)(C)C)cc4cc3s2)o1. The van der Waals surface area contributed by atoms with Crippen molar-refractivity contribution < 1.29 is 37.4 Å². The first-order valence-electron chi connectivity index (χ1n) is 33.0. The van der Waals surface area contributed by atoms with Crippen LogP contribution in [0.15, 0.2) is 92.8 Å². The molecule has 0 N–H and O–H groups in total. The third-order valence-corrected chi connectivity index (χ3v) is 21.9. The van der Waals surface area contributed by atoms with Crippen molar-refractivity contribution in [2.75, 3.05) is 65.9 Å². The van der Waals surface area contributed by atoms with Gasteiger partial charge in [-0.1, -0.05) is 142 Å². The Hall–Kier alpha value is -4.90. The van der Waals surface area contributed by atoms with Crippen LogP contribution in [-0.2, 0) is 28.5 Å². The second-order valence-electron chi connectivity index (χ2n) is 29.0. The predicted octanol–water partition coefficient (Wildman–Crippen LogP) is 21.6. The van der Waals surface area contributed by atoms with E-state index in [0.717, 1.165) is 59.4 Å². The highest BCUT2D eigenvalue weighted by Gasteiger charge is 2.50. The topological polar surface area (TPSA) is 104 Å². The van der Waals surface area contributed by atoms with Crippen molar-refractivity contribution >= 4 is 109 Å². The summed E-state index contributed by atoms with van der Waals surface area (Å²) in [6.45, 7) is 37.3. The Morgan fingerprint density at radius 1 is 0.382 bits per heavy atom. The quantitative estimate of drug-likeness (QED) is 0.0396. The van der Waals surface area contributed by atoms with Crippen molar-refractivity contribution in [3.05, 3.63) is 105 Å². The lowest BCUT2D eigenvalue weighted by Gasteiger charge is -2.40. The summed E-state index contributed by atoms with van der Waals surface area (Å²) in [6.07, 6.45) is 12.1. The fourth-order valence-corrected chi connectivity index (χ4v) is 19.7. The Labute approximate surface area is 546 Å². The Kier molecular flexibility index (Phi) is 21.5. The van der Waals surface area contributed by atoms with Crippen LogP contribution in [-0.4, -0.2) is 87.6 Å². The molecule has 0 saturated carbocycles. The monoisotopic (exact) mass is 1280 g/mol. The van der Waals surface area contributed by atoms with E-state index in [1.165, 1.54) is 84.3 Å². The summed E-state index contributed by atoms with van der Waals surface area (Å²) in [4.78, 5) is 39.2. The van der Waals surface area contributed by atoms with Gasteiger partial charge in [0.2, 0.25) is 0 Å². The minimum absolute atomic E-state index is 0.109. The summed E-state index contributed by atoms with van der Waals surface area (Å²) in [5, 5.41) is 4.82. The van der Waals surface area contributed by atoms with Gasteiger partial charge in [0.15, 0.2) is 11.5 Å². The van der Waals surface area contributed by atoms with Crippen molar-refractivity contribution in [3.63, 3.8) is 0 Å². The van der Waals surface area contributed by atoms with Crippen LogP contribution in [0.25, 0.3) is 73.0 Å². The van der Waals surface area contributed by atoms with Gasteiger partial charge in [0.05, 0.1) is 34.1 Å². The summed E-state index contributed by atoms with van der Waals surface area (Å²) in [6, 6.07) is 26.2. The van der Waals surface area contributed by atoms with Crippen LogP contribution in [0.1, 0.15) is 201 Å². The van der Waals surface area contributed by atoms with Crippen molar-refractivity contribution in [1.82, 2.24) is 9.80 Å². The number of unbranched alkanes of at least 4 members (excludes halogenated alkanes) is 7. The Bertz CT molecular complexity index is 3660. The van der Waals surface area contributed by atoms with Gasteiger partial charge < -0.3 is 37.6 Å². The number of amides is 2. The molecule has 10 rings (SSSR count). The molecule has 14 heteroatoms. The number of benzene rings is 2. The molecule has 0 atom stereocenters. The summed E-state index contributed by atoms with van der Waals surface area (Å²) < 4.78 is 43.0. The second kappa shape index (κ2) is 28.5. The van der Waals surface area contributed by atoms with Crippen LogP contribution in [0.3, 0.4) is 0 Å². The fraction of sp³-hybridized carbons (Fsp3) is 0.547. The lowest BCUT2D eigenvalue weighted by atomic mass is 9.66. The lowest BCUT2D eigenvalue weighted by molar-refractivity contribution is -0.124. The molecular formula is C75H98N2O8S4. The van der Waals surface area contributed by atoms with Gasteiger partial charge in [-0.25, -0.2) is 0 Å². The first-order valence-corrected chi connectivity index (χ1v) is 36.3.